The van der Waals surface area contributed by atoms with Crippen LogP contribution in [0.25, 0.3) is 5.57 Å². The number of hydrogen-bond donors (Lipinski definition) is 1. The fourth-order valence-corrected chi connectivity index (χ4v) is 2.64. The highest BCUT2D eigenvalue weighted by atomic mass is 16.5. The SMILES string of the molecule is CC(C)/C(=C\C(=O)O)c1ccc(OC2CCCC2)cc1. The van der Waals surface area contributed by atoms with Gasteiger partial charge >= 0.3 is 5.97 Å². The molecule has 0 radical (unpaired) electrons. The normalized spacial score (nSPS) is 16.6. The van der Waals surface area contributed by atoms with Crippen molar-refractivity contribution in [2.24, 2.45) is 5.92 Å². The van der Waals surface area contributed by atoms with E-state index in [0.717, 1.165) is 29.7 Å². The number of carboxylic acids is 1. The Bertz CT molecular complexity index is 479. The molecule has 1 N–H and O–H groups in total. The minimum absolute atomic E-state index is 0.174. The van der Waals surface area contributed by atoms with Crippen LogP contribution in [0.15, 0.2) is 30.3 Å². The van der Waals surface area contributed by atoms with Crippen molar-refractivity contribution >= 4 is 11.5 Å². The zero-order valence-electron chi connectivity index (χ0n) is 12.1. The van der Waals surface area contributed by atoms with E-state index in [9.17, 15) is 4.79 Å². The predicted molar refractivity (Wildman–Crippen MR) is 79.8 cm³/mol. The highest BCUT2D eigenvalue weighted by Crippen LogP contribution is 2.27. The number of carbonyl (C=O) groups is 1. The fraction of sp³-hybridized carbons (Fsp3) is 0.471. The Hall–Kier alpha value is -1.77. The van der Waals surface area contributed by atoms with Crippen LogP contribution in [-0.2, 0) is 4.79 Å². The summed E-state index contributed by atoms with van der Waals surface area (Å²) in [6.07, 6.45) is 6.41. The first-order valence-electron chi connectivity index (χ1n) is 7.28. The van der Waals surface area contributed by atoms with Gasteiger partial charge in [-0.25, -0.2) is 4.79 Å². The summed E-state index contributed by atoms with van der Waals surface area (Å²) in [5.41, 5.74) is 1.78. The average Bonchev–Trinajstić information content (AvgIpc) is 2.89. The van der Waals surface area contributed by atoms with Gasteiger partial charge in [0.2, 0.25) is 0 Å². The van der Waals surface area contributed by atoms with Crippen molar-refractivity contribution in [3.63, 3.8) is 0 Å². The minimum Gasteiger partial charge on any atom is -0.490 e. The summed E-state index contributed by atoms with van der Waals surface area (Å²) in [7, 11) is 0. The van der Waals surface area contributed by atoms with Crippen LogP contribution in [0, 0.1) is 5.92 Å². The van der Waals surface area contributed by atoms with E-state index in [-0.39, 0.29) is 5.92 Å². The van der Waals surface area contributed by atoms with Crippen molar-refractivity contribution in [1.29, 1.82) is 0 Å². The zero-order chi connectivity index (χ0) is 14.5. The van der Waals surface area contributed by atoms with Crippen molar-refractivity contribution in [2.45, 2.75) is 45.6 Å². The lowest BCUT2D eigenvalue weighted by atomic mass is 9.95. The predicted octanol–water partition coefficient (Wildman–Crippen LogP) is 4.13. The van der Waals surface area contributed by atoms with Crippen LogP contribution in [0.5, 0.6) is 5.75 Å². The second-order valence-electron chi connectivity index (χ2n) is 5.64. The third kappa shape index (κ3) is 3.86. The first-order valence-corrected chi connectivity index (χ1v) is 7.28. The van der Waals surface area contributed by atoms with E-state index >= 15 is 0 Å². The molecule has 20 heavy (non-hydrogen) atoms. The smallest absolute Gasteiger partial charge is 0.328 e. The van der Waals surface area contributed by atoms with Gasteiger partial charge in [0, 0.05) is 6.08 Å². The number of benzene rings is 1. The number of aliphatic carboxylic acids is 1. The molecule has 0 amide bonds. The number of rotatable bonds is 5. The molecule has 0 unspecified atom stereocenters. The number of hydrogen-bond acceptors (Lipinski definition) is 2. The maximum Gasteiger partial charge on any atom is 0.328 e. The second kappa shape index (κ2) is 6.60. The first-order chi connectivity index (χ1) is 9.56. The first kappa shape index (κ1) is 14.6. The monoisotopic (exact) mass is 274 g/mol. The third-order valence-electron chi connectivity index (χ3n) is 3.69. The van der Waals surface area contributed by atoms with Gasteiger partial charge in [0.05, 0.1) is 6.10 Å². The highest BCUT2D eigenvalue weighted by molar-refractivity contribution is 5.90. The van der Waals surface area contributed by atoms with Crippen LogP contribution in [0.4, 0.5) is 0 Å². The summed E-state index contributed by atoms with van der Waals surface area (Å²) in [6.45, 7) is 4.00. The van der Waals surface area contributed by atoms with Crippen LogP contribution in [0.2, 0.25) is 0 Å². The largest absolute Gasteiger partial charge is 0.490 e. The Kier molecular flexibility index (Phi) is 4.83. The standard InChI is InChI=1S/C17H22O3/c1-12(2)16(11-17(18)19)13-7-9-15(10-8-13)20-14-5-3-4-6-14/h7-12,14H,3-6H2,1-2H3,(H,18,19)/b16-11+. The molecule has 108 valence electrons. The molecule has 3 heteroatoms. The van der Waals surface area contributed by atoms with Crippen LogP contribution < -0.4 is 4.74 Å². The van der Waals surface area contributed by atoms with Gasteiger partial charge in [-0.1, -0.05) is 26.0 Å². The maximum absolute atomic E-state index is 10.9. The highest BCUT2D eigenvalue weighted by Gasteiger charge is 2.16. The molecule has 0 saturated heterocycles. The number of allylic oxidation sites excluding steroid dienone is 1. The minimum atomic E-state index is -0.903. The van der Waals surface area contributed by atoms with Crippen molar-refractivity contribution in [2.75, 3.05) is 0 Å². The molecular formula is C17H22O3. The summed E-state index contributed by atoms with van der Waals surface area (Å²) in [5.74, 6) is 0.145. The van der Waals surface area contributed by atoms with Gasteiger partial charge in [0.15, 0.2) is 0 Å². The van der Waals surface area contributed by atoms with E-state index in [1.54, 1.807) is 0 Å². The summed E-state index contributed by atoms with van der Waals surface area (Å²) in [5, 5.41) is 8.94. The molecule has 1 saturated carbocycles. The van der Waals surface area contributed by atoms with Crippen molar-refractivity contribution in [1.82, 2.24) is 0 Å². The average molecular weight is 274 g/mol. The van der Waals surface area contributed by atoms with E-state index in [0.29, 0.717) is 6.10 Å². The van der Waals surface area contributed by atoms with E-state index < -0.39 is 5.97 Å². The Morgan fingerprint density at radius 1 is 1.25 bits per heavy atom. The molecule has 3 nitrogen and oxygen atoms in total. The molecule has 0 aromatic heterocycles. The lowest BCUT2D eigenvalue weighted by molar-refractivity contribution is -0.131. The number of ether oxygens (including phenoxy) is 1. The van der Waals surface area contributed by atoms with E-state index in [1.807, 2.05) is 38.1 Å². The quantitative estimate of drug-likeness (QED) is 0.821. The van der Waals surface area contributed by atoms with Crippen LogP contribution in [0.1, 0.15) is 45.1 Å². The summed E-state index contributed by atoms with van der Waals surface area (Å²) < 4.78 is 5.92. The topological polar surface area (TPSA) is 46.5 Å². The third-order valence-corrected chi connectivity index (χ3v) is 3.69. The molecule has 0 bridgehead atoms. The molecule has 0 spiro atoms. The van der Waals surface area contributed by atoms with Crippen molar-refractivity contribution in [3.8, 4) is 5.75 Å². The van der Waals surface area contributed by atoms with Crippen LogP contribution >= 0.6 is 0 Å². The van der Waals surface area contributed by atoms with Gasteiger partial charge < -0.3 is 9.84 Å². The summed E-state index contributed by atoms with van der Waals surface area (Å²) in [4.78, 5) is 10.9. The molecule has 1 fully saturated rings. The van der Waals surface area contributed by atoms with Crippen molar-refractivity contribution < 1.29 is 14.6 Å². The van der Waals surface area contributed by atoms with Crippen LogP contribution in [0.3, 0.4) is 0 Å². The molecule has 1 aliphatic rings. The van der Waals surface area contributed by atoms with E-state index in [2.05, 4.69) is 0 Å². The maximum atomic E-state index is 10.9. The van der Waals surface area contributed by atoms with Gasteiger partial charge in [-0.15, -0.1) is 0 Å². The molecule has 0 heterocycles. The lowest BCUT2D eigenvalue weighted by Crippen LogP contribution is -2.10. The lowest BCUT2D eigenvalue weighted by Gasteiger charge is -2.15. The van der Waals surface area contributed by atoms with Gasteiger partial charge in [-0.05, 0) is 54.9 Å². The zero-order valence-corrected chi connectivity index (χ0v) is 12.1. The Morgan fingerprint density at radius 2 is 1.85 bits per heavy atom. The Morgan fingerprint density at radius 3 is 2.35 bits per heavy atom. The van der Waals surface area contributed by atoms with E-state index in [1.165, 1.54) is 18.9 Å². The van der Waals surface area contributed by atoms with E-state index in [4.69, 9.17) is 9.84 Å². The van der Waals surface area contributed by atoms with Gasteiger partial charge in [-0.2, -0.15) is 0 Å². The molecule has 0 atom stereocenters. The Labute approximate surface area is 120 Å². The molecule has 1 aromatic rings. The number of carboxylic acid groups (broad SMARTS) is 1. The van der Waals surface area contributed by atoms with Gasteiger partial charge in [0.25, 0.3) is 0 Å². The molecule has 1 aliphatic carbocycles. The summed E-state index contributed by atoms with van der Waals surface area (Å²) >= 11 is 0. The Balaban J connectivity index is 2.11. The van der Waals surface area contributed by atoms with Gasteiger partial charge in [0.1, 0.15) is 5.75 Å². The molecule has 1 aromatic carbocycles. The summed E-state index contributed by atoms with van der Waals surface area (Å²) in [6, 6.07) is 7.76. The fourth-order valence-electron chi connectivity index (χ4n) is 2.64. The van der Waals surface area contributed by atoms with Gasteiger partial charge in [-0.3, -0.25) is 0 Å². The molecular weight excluding hydrogens is 252 g/mol. The molecule has 2 rings (SSSR count). The van der Waals surface area contributed by atoms with Crippen molar-refractivity contribution in [3.05, 3.63) is 35.9 Å². The second-order valence-corrected chi connectivity index (χ2v) is 5.64. The van der Waals surface area contributed by atoms with Crippen LogP contribution in [-0.4, -0.2) is 17.2 Å². The molecule has 0 aliphatic heterocycles.